The highest BCUT2D eigenvalue weighted by Gasteiger charge is 2.44. The lowest BCUT2D eigenvalue weighted by Crippen LogP contribution is -2.68. The highest BCUT2D eigenvalue weighted by atomic mass is 35.5. The maximum Gasteiger partial charge on any atom is 0.0407 e. The zero-order chi connectivity index (χ0) is 13.5. The smallest absolute Gasteiger partial charge is 0.0407 e. The van der Waals surface area contributed by atoms with Gasteiger partial charge < -0.3 is 10.2 Å². The molecule has 1 aromatic carbocycles. The number of hydrogen-bond donors (Lipinski definition) is 1. The first-order valence-electron chi connectivity index (χ1n) is 7.28. The first-order valence-corrected chi connectivity index (χ1v) is 7.66. The Kier molecular flexibility index (Phi) is 3.26. The SMILES string of the molecule is CC1(C)CN(c2ccc(Cl)cc2)CC2(CCCC2)N1. The molecular formula is C16H23ClN2. The number of nitrogens with one attached hydrogen (secondary N) is 1. The van der Waals surface area contributed by atoms with E-state index in [1.165, 1.54) is 31.4 Å². The van der Waals surface area contributed by atoms with E-state index in [-0.39, 0.29) is 5.54 Å². The highest BCUT2D eigenvalue weighted by molar-refractivity contribution is 6.30. The molecule has 2 nitrogen and oxygen atoms in total. The Hall–Kier alpha value is -0.730. The van der Waals surface area contributed by atoms with Crippen LogP contribution >= 0.6 is 11.6 Å². The molecule has 3 rings (SSSR count). The van der Waals surface area contributed by atoms with E-state index >= 15 is 0 Å². The molecule has 1 saturated heterocycles. The van der Waals surface area contributed by atoms with Gasteiger partial charge in [-0.1, -0.05) is 24.4 Å². The minimum absolute atomic E-state index is 0.169. The van der Waals surface area contributed by atoms with Gasteiger partial charge in [0.05, 0.1) is 0 Å². The fraction of sp³-hybridized carbons (Fsp3) is 0.625. The number of anilines is 1. The molecule has 0 amide bonds. The molecule has 0 bridgehead atoms. The lowest BCUT2D eigenvalue weighted by atomic mass is 9.87. The number of nitrogens with zero attached hydrogens (tertiary/aromatic N) is 1. The Morgan fingerprint density at radius 3 is 2.32 bits per heavy atom. The van der Waals surface area contributed by atoms with Crippen molar-refractivity contribution in [3.63, 3.8) is 0 Å². The van der Waals surface area contributed by atoms with Crippen molar-refractivity contribution in [1.29, 1.82) is 0 Å². The Morgan fingerprint density at radius 2 is 1.68 bits per heavy atom. The minimum atomic E-state index is 0.169. The molecule has 1 saturated carbocycles. The van der Waals surface area contributed by atoms with Gasteiger partial charge in [0.2, 0.25) is 0 Å². The van der Waals surface area contributed by atoms with E-state index in [0.29, 0.717) is 5.54 Å². The maximum absolute atomic E-state index is 6.00. The second-order valence-corrected chi connectivity index (χ2v) is 7.27. The molecule has 19 heavy (non-hydrogen) atoms. The molecule has 0 radical (unpaired) electrons. The maximum atomic E-state index is 6.00. The van der Waals surface area contributed by atoms with Crippen LogP contribution in [0.4, 0.5) is 5.69 Å². The Labute approximate surface area is 121 Å². The molecule has 0 unspecified atom stereocenters. The Morgan fingerprint density at radius 1 is 1.05 bits per heavy atom. The number of halogens is 1. The summed E-state index contributed by atoms with van der Waals surface area (Å²) in [5.74, 6) is 0. The van der Waals surface area contributed by atoms with Crippen LogP contribution in [0.3, 0.4) is 0 Å². The molecule has 2 aliphatic rings. The molecule has 0 aromatic heterocycles. The Bertz CT molecular complexity index is 446. The summed E-state index contributed by atoms with van der Waals surface area (Å²) in [6.07, 6.45) is 5.33. The van der Waals surface area contributed by atoms with Gasteiger partial charge in [-0.3, -0.25) is 0 Å². The quantitative estimate of drug-likeness (QED) is 0.840. The van der Waals surface area contributed by atoms with E-state index in [4.69, 9.17) is 11.6 Å². The zero-order valence-corrected chi connectivity index (χ0v) is 12.6. The van der Waals surface area contributed by atoms with E-state index in [1.807, 2.05) is 12.1 Å². The van der Waals surface area contributed by atoms with Crippen LogP contribution < -0.4 is 10.2 Å². The van der Waals surface area contributed by atoms with Crippen molar-refractivity contribution < 1.29 is 0 Å². The molecule has 0 atom stereocenters. The van der Waals surface area contributed by atoms with Gasteiger partial charge in [-0.2, -0.15) is 0 Å². The number of piperazine rings is 1. The number of benzene rings is 1. The van der Waals surface area contributed by atoms with Crippen LogP contribution in [0.25, 0.3) is 0 Å². The van der Waals surface area contributed by atoms with E-state index < -0.39 is 0 Å². The van der Waals surface area contributed by atoms with Gasteiger partial charge in [0.25, 0.3) is 0 Å². The third kappa shape index (κ3) is 2.75. The van der Waals surface area contributed by atoms with E-state index in [9.17, 15) is 0 Å². The lowest BCUT2D eigenvalue weighted by molar-refractivity contribution is 0.197. The molecule has 1 heterocycles. The summed E-state index contributed by atoms with van der Waals surface area (Å²) >= 11 is 6.00. The van der Waals surface area contributed by atoms with Crippen molar-refractivity contribution in [1.82, 2.24) is 5.32 Å². The molecule has 3 heteroatoms. The Balaban J connectivity index is 1.86. The van der Waals surface area contributed by atoms with E-state index in [2.05, 4.69) is 36.2 Å². The number of hydrogen-bond acceptors (Lipinski definition) is 2. The summed E-state index contributed by atoms with van der Waals surface area (Å²) in [6.45, 7) is 6.80. The fourth-order valence-electron chi connectivity index (χ4n) is 3.86. The molecule has 1 aliphatic carbocycles. The number of rotatable bonds is 1. The third-order valence-electron chi connectivity index (χ3n) is 4.44. The molecule has 1 N–H and O–H groups in total. The van der Waals surface area contributed by atoms with Crippen molar-refractivity contribution in [2.45, 2.75) is 50.6 Å². The summed E-state index contributed by atoms with van der Waals surface area (Å²) in [4.78, 5) is 2.53. The predicted molar refractivity (Wildman–Crippen MR) is 82.1 cm³/mol. The van der Waals surface area contributed by atoms with E-state index in [0.717, 1.165) is 18.1 Å². The van der Waals surface area contributed by atoms with Crippen LogP contribution in [-0.2, 0) is 0 Å². The van der Waals surface area contributed by atoms with Gasteiger partial charge >= 0.3 is 0 Å². The molecule has 104 valence electrons. The largest absolute Gasteiger partial charge is 0.368 e. The minimum Gasteiger partial charge on any atom is -0.368 e. The van der Waals surface area contributed by atoms with Gasteiger partial charge in [-0.15, -0.1) is 0 Å². The van der Waals surface area contributed by atoms with E-state index in [1.54, 1.807) is 0 Å². The molecule has 1 spiro atoms. The fourth-order valence-corrected chi connectivity index (χ4v) is 3.99. The summed E-state index contributed by atoms with van der Waals surface area (Å²) < 4.78 is 0. The molecular weight excluding hydrogens is 256 g/mol. The van der Waals surface area contributed by atoms with Crippen LogP contribution in [0.15, 0.2) is 24.3 Å². The van der Waals surface area contributed by atoms with Gasteiger partial charge in [-0.05, 0) is 51.0 Å². The lowest BCUT2D eigenvalue weighted by Gasteiger charge is -2.51. The second kappa shape index (κ2) is 4.68. The average Bonchev–Trinajstić information content (AvgIpc) is 2.75. The van der Waals surface area contributed by atoms with Crippen LogP contribution in [-0.4, -0.2) is 24.2 Å². The summed E-state index contributed by atoms with van der Waals surface area (Å²) in [5, 5.41) is 4.73. The van der Waals surface area contributed by atoms with Gasteiger partial charge in [0, 0.05) is 34.9 Å². The third-order valence-corrected chi connectivity index (χ3v) is 4.69. The van der Waals surface area contributed by atoms with Crippen LogP contribution in [0.5, 0.6) is 0 Å². The van der Waals surface area contributed by atoms with Crippen LogP contribution in [0.2, 0.25) is 5.02 Å². The van der Waals surface area contributed by atoms with Crippen molar-refractivity contribution in [3.8, 4) is 0 Å². The molecule has 1 aromatic rings. The first kappa shape index (κ1) is 13.3. The summed E-state index contributed by atoms with van der Waals surface area (Å²) in [5.41, 5.74) is 1.79. The topological polar surface area (TPSA) is 15.3 Å². The van der Waals surface area contributed by atoms with Crippen molar-refractivity contribution in [2.75, 3.05) is 18.0 Å². The van der Waals surface area contributed by atoms with Crippen LogP contribution in [0.1, 0.15) is 39.5 Å². The average molecular weight is 279 g/mol. The summed E-state index contributed by atoms with van der Waals surface area (Å²) in [7, 11) is 0. The molecule has 1 aliphatic heterocycles. The normalized spacial score (nSPS) is 24.9. The monoisotopic (exact) mass is 278 g/mol. The zero-order valence-electron chi connectivity index (χ0n) is 11.9. The molecule has 2 fully saturated rings. The van der Waals surface area contributed by atoms with Crippen molar-refractivity contribution in [3.05, 3.63) is 29.3 Å². The first-order chi connectivity index (χ1) is 8.98. The van der Waals surface area contributed by atoms with Gasteiger partial charge in [0.1, 0.15) is 0 Å². The van der Waals surface area contributed by atoms with Crippen molar-refractivity contribution in [2.24, 2.45) is 0 Å². The highest BCUT2D eigenvalue weighted by Crippen LogP contribution is 2.37. The standard InChI is InChI=1S/C16H23ClN2/c1-15(2)11-19(14-7-5-13(17)6-8-14)12-16(18-15)9-3-4-10-16/h5-8,18H,3-4,9-12H2,1-2H3. The predicted octanol–water partition coefficient (Wildman–Crippen LogP) is 3.84. The van der Waals surface area contributed by atoms with Crippen LogP contribution in [0, 0.1) is 0 Å². The van der Waals surface area contributed by atoms with Crippen molar-refractivity contribution >= 4 is 17.3 Å². The summed E-state index contributed by atoms with van der Waals surface area (Å²) in [6, 6.07) is 8.28. The van der Waals surface area contributed by atoms with Gasteiger partial charge in [-0.25, -0.2) is 0 Å². The second-order valence-electron chi connectivity index (χ2n) is 6.83. The van der Waals surface area contributed by atoms with Gasteiger partial charge in [0.15, 0.2) is 0 Å².